The van der Waals surface area contributed by atoms with Gasteiger partial charge in [-0.15, -0.1) is 0 Å². The summed E-state index contributed by atoms with van der Waals surface area (Å²) in [6.45, 7) is 4.31. The highest BCUT2D eigenvalue weighted by Gasteiger charge is 2.15. The average molecular weight is 429 g/mol. The number of carbonyl (C=O) groups is 1. The first-order chi connectivity index (χ1) is 14.3. The molecule has 0 radical (unpaired) electrons. The summed E-state index contributed by atoms with van der Waals surface area (Å²) in [6, 6.07) is 11.6. The molecule has 0 spiro atoms. The Balaban J connectivity index is 1.61. The Kier molecular flexibility index (Phi) is 6.63. The molecule has 1 N–H and O–H groups in total. The van der Waals surface area contributed by atoms with E-state index in [1.165, 1.54) is 31.4 Å². The van der Waals surface area contributed by atoms with Crippen molar-refractivity contribution in [2.75, 3.05) is 19.5 Å². The zero-order chi connectivity index (χ0) is 21.7. The summed E-state index contributed by atoms with van der Waals surface area (Å²) in [5.74, 6) is 0.315. The smallest absolute Gasteiger partial charge is 0.251 e. The van der Waals surface area contributed by atoms with E-state index in [0.717, 1.165) is 17.0 Å². The van der Waals surface area contributed by atoms with Gasteiger partial charge in [0.1, 0.15) is 0 Å². The molecule has 8 nitrogen and oxygen atoms in total. The van der Waals surface area contributed by atoms with Crippen LogP contribution in [0.4, 0.5) is 0 Å². The van der Waals surface area contributed by atoms with Gasteiger partial charge in [0.2, 0.25) is 0 Å². The van der Waals surface area contributed by atoms with Crippen LogP contribution in [0.5, 0.6) is 0 Å². The number of methoxy groups -OCH3 is 1. The molecule has 0 saturated carbocycles. The maximum atomic E-state index is 12.4. The Morgan fingerprint density at radius 1 is 1.13 bits per heavy atom. The molecule has 1 aromatic carbocycles. The monoisotopic (exact) mass is 428 g/mol. The van der Waals surface area contributed by atoms with Crippen molar-refractivity contribution in [3.63, 3.8) is 0 Å². The molecule has 158 valence electrons. The third-order valence-electron chi connectivity index (χ3n) is 4.52. The largest absolute Gasteiger partial charge is 0.384 e. The first kappa shape index (κ1) is 21.7. The second kappa shape index (κ2) is 9.19. The molecule has 2 aromatic heterocycles. The molecule has 0 aliphatic heterocycles. The van der Waals surface area contributed by atoms with Crippen LogP contribution in [0.1, 0.15) is 27.3 Å². The van der Waals surface area contributed by atoms with E-state index in [-0.39, 0.29) is 23.2 Å². The number of aryl methyl sites for hydroxylation is 2. The van der Waals surface area contributed by atoms with Crippen LogP contribution in [0.25, 0.3) is 5.82 Å². The Hall–Kier alpha value is -3.04. The molecule has 0 fully saturated rings. The summed E-state index contributed by atoms with van der Waals surface area (Å²) >= 11 is 0. The Bertz CT molecular complexity index is 1120. The number of pyridine rings is 1. The SMILES string of the molecule is COCCS(=O)(=O)c1ccc(C(=O)NCc2ccc(-n3nc(C)cc3C)nc2)cc1. The van der Waals surface area contributed by atoms with E-state index in [1.54, 1.807) is 10.9 Å². The fraction of sp³-hybridized carbons (Fsp3) is 0.286. The van der Waals surface area contributed by atoms with Crippen molar-refractivity contribution in [1.82, 2.24) is 20.1 Å². The van der Waals surface area contributed by atoms with E-state index in [0.29, 0.717) is 17.9 Å². The van der Waals surface area contributed by atoms with Crippen molar-refractivity contribution >= 4 is 15.7 Å². The van der Waals surface area contributed by atoms with E-state index in [2.05, 4.69) is 15.4 Å². The summed E-state index contributed by atoms with van der Waals surface area (Å²) in [5.41, 5.74) is 3.14. The number of rotatable bonds is 8. The highest BCUT2D eigenvalue weighted by atomic mass is 32.2. The van der Waals surface area contributed by atoms with E-state index < -0.39 is 9.84 Å². The first-order valence-electron chi connectivity index (χ1n) is 9.38. The minimum atomic E-state index is -3.42. The fourth-order valence-electron chi connectivity index (χ4n) is 2.92. The molecule has 0 aliphatic rings. The molecule has 0 atom stereocenters. The number of benzene rings is 1. The fourth-order valence-corrected chi connectivity index (χ4v) is 4.09. The number of hydrogen-bond donors (Lipinski definition) is 1. The predicted molar refractivity (Wildman–Crippen MR) is 112 cm³/mol. The minimum absolute atomic E-state index is 0.102. The van der Waals surface area contributed by atoms with Crippen LogP contribution in [-0.4, -0.2) is 48.6 Å². The van der Waals surface area contributed by atoms with E-state index in [1.807, 2.05) is 32.0 Å². The summed E-state index contributed by atoms with van der Waals surface area (Å²) in [5, 5.41) is 7.21. The van der Waals surface area contributed by atoms with Crippen molar-refractivity contribution in [3.05, 3.63) is 71.2 Å². The molecule has 2 heterocycles. The molecule has 30 heavy (non-hydrogen) atoms. The Morgan fingerprint density at radius 3 is 2.43 bits per heavy atom. The third kappa shape index (κ3) is 5.11. The molecule has 0 unspecified atom stereocenters. The number of aromatic nitrogens is 3. The van der Waals surface area contributed by atoms with Crippen molar-refractivity contribution in [3.8, 4) is 5.82 Å². The van der Waals surface area contributed by atoms with E-state index >= 15 is 0 Å². The molecule has 0 bridgehead atoms. The Morgan fingerprint density at radius 2 is 1.87 bits per heavy atom. The normalized spacial score (nSPS) is 11.4. The topological polar surface area (TPSA) is 103 Å². The third-order valence-corrected chi connectivity index (χ3v) is 6.22. The van der Waals surface area contributed by atoms with Crippen LogP contribution < -0.4 is 5.32 Å². The second-order valence-electron chi connectivity index (χ2n) is 6.88. The van der Waals surface area contributed by atoms with Gasteiger partial charge in [-0.1, -0.05) is 6.07 Å². The van der Waals surface area contributed by atoms with Gasteiger partial charge in [-0.05, 0) is 55.8 Å². The van der Waals surface area contributed by atoms with Gasteiger partial charge in [-0.2, -0.15) is 5.10 Å². The lowest BCUT2D eigenvalue weighted by molar-refractivity contribution is 0.0950. The molecule has 1 amide bonds. The summed E-state index contributed by atoms with van der Waals surface area (Å²) in [7, 11) is -1.97. The van der Waals surface area contributed by atoms with Crippen molar-refractivity contribution < 1.29 is 17.9 Å². The lowest BCUT2D eigenvalue weighted by Gasteiger charge is -2.08. The highest BCUT2D eigenvalue weighted by molar-refractivity contribution is 7.91. The Labute approximate surface area is 175 Å². The maximum Gasteiger partial charge on any atom is 0.251 e. The number of sulfone groups is 1. The van der Waals surface area contributed by atoms with Gasteiger partial charge in [-0.25, -0.2) is 18.1 Å². The van der Waals surface area contributed by atoms with Crippen LogP contribution in [0.3, 0.4) is 0 Å². The maximum absolute atomic E-state index is 12.4. The molecule has 9 heteroatoms. The van der Waals surface area contributed by atoms with E-state index in [4.69, 9.17) is 4.74 Å². The second-order valence-corrected chi connectivity index (χ2v) is 8.99. The highest BCUT2D eigenvalue weighted by Crippen LogP contribution is 2.13. The van der Waals surface area contributed by atoms with Gasteiger partial charge in [0.05, 0.1) is 22.9 Å². The van der Waals surface area contributed by atoms with Gasteiger partial charge in [0.25, 0.3) is 5.91 Å². The lowest BCUT2D eigenvalue weighted by Crippen LogP contribution is -2.23. The first-order valence-corrected chi connectivity index (χ1v) is 11.0. The van der Waals surface area contributed by atoms with Crippen molar-refractivity contribution in [2.45, 2.75) is 25.3 Å². The van der Waals surface area contributed by atoms with Crippen molar-refractivity contribution in [2.24, 2.45) is 0 Å². The molecular weight excluding hydrogens is 404 g/mol. The lowest BCUT2D eigenvalue weighted by atomic mass is 10.2. The quantitative estimate of drug-likeness (QED) is 0.590. The number of hydrogen-bond acceptors (Lipinski definition) is 6. The van der Waals surface area contributed by atoms with Crippen LogP contribution >= 0.6 is 0 Å². The van der Waals surface area contributed by atoms with Gasteiger partial charge < -0.3 is 10.1 Å². The van der Waals surface area contributed by atoms with Crippen LogP contribution in [-0.2, 0) is 21.1 Å². The zero-order valence-corrected chi connectivity index (χ0v) is 17.9. The number of ether oxygens (including phenoxy) is 1. The van der Waals surface area contributed by atoms with Gasteiger partial charge in [0.15, 0.2) is 15.7 Å². The van der Waals surface area contributed by atoms with Gasteiger partial charge in [-0.3, -0.25) is 4.79 Å². The zero-order valence-electron chi connectivity index (χ0n) is 17.1. The predicted octanol–water partition coefficient (Wildman–Crippen LogP) is 2.23. The van der Waals surface area contributed by atoms with Crippen LogP contribution in [0.2, 0.25) is 0 Å². The number of nitrogens with zero attached hydrogens (tertiary/aromatic N) is 3. The number of nitrogens with one attached hydrogen (secondary N) is 1. The van der Waals surface area contributed by atoms with Crippen molar-refractivity contribution in [1.29, 1.82) is 0 Å². The molecule has 3 aromatic rings. The molecule has 3 rings (SSSR count). The molecule has 0 saturated heterocycles. The molecule has 0 aliphatic carbocycles. The van der Waals surface area contributed by atoms with Gasteiger partial charge in [0, 0.05) is 31.1 Å². The average Bonchev–Trinajstić information content (AvgIpc) is 3.09. The van der Waals surface area contributed by atoms with Crippen LogP contribution in [0, 0.1) is 13.8 Å². The number of amides is 1. The summed E-state index contributed by atoms with van der Waals surface area (Å²) < 4.78 is 30.9. The van der Waals surface area contributed by atoms with E-state index in [9.17, 15) is 13.2 Å². The minimum Gasteiger partial charge on any atom is -0.384 e. The summed E-state index contributed by atoms with van der Waals surface area (Å²) in [6.07, 6.45) is 1.69. The van der Waals surface area contributed by atoms with Gasteiger partial charge >= 0.3 is 0 Å². The van der Waals surface area contributed by atoms with Crippen LogP contribution in [0.15, 0.2) is 53.6 Å². The standard InChI is InChI=1S/C21H24N4O4S/c1-15-12-16(2)25(24-15)20-9-4-17(13-22-20)14-23-21(26)18-5-7-19(8-6-18)30(27,28)11-10-29-3/h4-9,12-13H,10-11,14H2,1-3H3,(H,23,26). The molecular formula is C21H24N4O4S. The number of carbonyl (C=O) groups excluding carboxylic acids is 1. The summed E-state index contributed by atoms with van der Waals surface area (Å²) in [4.78, 5) is 16.9.